The fourth-order valence-corrected chi connectivity index (χ4v) is 3.73. The van der Waals surface area contributed by atoms with Gasteiger partial charge in [-0.25, -0.2) is 0 Å². The zero-order chi connectivity index (χ0) is 14.5. The number of methoxy groups -OCH3 is 1. The van der Waals surface area contributed by atoms with Crippen molar-refractivity contribution in [1.82, 2.24) is 4.90 Å². The number of piperidine rings is 1. The summed E-state index contributed by atoms with van der Waals surface area (Å²) in [5, 5.41) is 0. The third kappa shape index (κ3) is 3.85. The molecule has 2 heterocycles. The van der Waals surface area contributed by atoms with Crippen molar-refractivity contribution in [2.75, 3.05) is 33.4 Å². The van der Waals surface area contributed by atoms with Crippen LogP contribution in [0.25, 0.3) is 0 Å². The minimum absolute atomic E-state index is 0.590. The highest BCUT2D eigenvalue weighted by Crippen LogP contribution is 2.40. The maximum atomic E-state index is 5.53. The largest absolute Gasteiger partial charge is 0.381 e. The first-order valence-corrected chi connectivity index (χ1v) is 8.17. The number of benzene rings is 1. The van der Waals surface area contributed by atoms with Crippen molar-refractivity contribution in [3.63, 3.8) is 0 Å². The van der Waals surface area contributed by atoms with E-state index >= 15 is 0 Å². The summed E-state index contributed by atoms with van der Waals surface area (Å²) in [5.41, 5.74) is 3.27. The molecule has 3 nitrogen and oxygen atoms in total. The zero-order valence-electron chi connectivity index (χ0n) is 13.1. The van der Waals surface area contributed by atoms with E-state index in [4.69, 9.17) is 9.47 Å². The zero-order valence-corrected chi connectivity index (χ0v) is 13.1. The first-order chi connectivity index (χ1) is 10.3. The van der Waals surface area contributed by atoms with Crippen molar-refractivity contribution in [1.29, 1.82) is 0 Å². The van der Waals surface area contributed by atoms with Gasteiger partial charge in [0, 0.05) is 26.9 Å². The molecule has 2 aliphatic heterocycles. The molecule has 0 atom stereocenters. The highest BCUT2D eigenvalue weighted by atomic mass is 16.5. The first-order valence-electron chi connectivity index (χ1n) is 8.17. The molecular formula is C18H27NO2. The molecule has 3 heteroatoms. The molecule has 0 unspecified atom stereocenters. The first kappa shape index (κ1) is 15.0. The normalized spacial score (nSPS) is 22.5. The Bertz CT molecular complexity index is 444. The van der Waals surface area contributed by atoms with Crippen molar-refractivity contribution in [3.05, 3.63) is 35.4 Å². The molecule has 0 radical (unpaired) electrons. The maximum Gasteiger partial charge on any atom is 0.0713 e. The molecule has 2 aliphatic rings. The van der Waals surface area contributed by atoms with E-state index in [-0.39, 0.29) is 0 Å². The topological polar surface area (TPSA) is 21.7 Å². The van der Waals surface area contributed by atoms with Gasteiger partial charge in [0.15, 0.2) is 0 Å². The van der Waals surface area contributed by atoms with Gasteiger partial charge in [-0.2, -0.15) is 0 Å². The van der Waals surface area contributed by atoms with Gasteiger partial charge in [-0.1, -0.05) is 24.3 Å². The number of hydrogen-bond acceptors (Lipinski definition) is 3. The summed E-state index contributed by atoms with van der Waals surface area (Å²) >= 11 is 0. The molecule has 0 N–H and O–H groups in total. The van der Waals surface area contributed by atoms with Crippen LogP contribution in [0.1, 0.15) is 36.8 Å². The highest BCUT2D eigenvalue weighted by molar-refractivity contribution is 5.23. The van der Waals surface area contributed by atoms with Crippen molar-refractivity contribution in [2.45, 2.75) is 38.8 Å². The van der Waals surface area contributed by atoms with Crippen molar-refractivity contribution in [2.24, 2.45) is 5.41 Å². The molecular weight excluding hydrogens is 262 g/mol. The molecule has 0 aromatic heterocycles. The second-order valence-electron chi connectivity index (χ2n) is 6.64. The number of rotatable bonds is 4. The van der Waals surface area contributed by atoms with Crippen LogP contribution in [0, 0.1) is 5.41 Å². The summed E-state index contributed by atoms with van der Waals surface area (Å²) in [7, 11) is 1.75. The van der Waals surface area contributed by atoms with Gasteiger partial charge in [0.25, 0.3) is 0 Å². The summed E-state index contributed by atoms with van der Waals surface area (Å²) in [4.78, 5) is 2.60. The van der Waals surface area contributed by atoms with Gasteiger partial charge in [0.2, 0.25) is 0 Å². The molecule has 1 aromatic rings. The summed E-state index contributed by atoms with van der Waals surface area (Å²) in [5.74, 6) is 0. The Morgan fingerprint density at radius 1 is 1.10 bits per heavy atom. The maximum absolute atomic E-state index is 5.53. The monoisotopic (exact) mass is 289 g/mol. The summed E-state index contributed by atoms with van der Waals surface area (Å²) in [6.07, 6.45) is 5.22. The van der Waals surface area contributed by atoms with E-state index < -0.39 is 0 Å². The van der Waals surface area contributed by atoms with Gasteiger partial charge < -0.3 is 9.47 Å². The molecule has 0 amide bonds. The minimum atomic E-state index is 0.590. The second kappa shape index (κ2) is 6.91. The molecule has 0 aliphatic carbocycles. The lowest BCUT2D eigenvalue weighted by Crippen LogP contribution is -2.42. The van der Waals surface area contributed by atoms with Crippen LogP contribution in [0.5, 0.6) is 0 Å². The quantitative estimate of drug-likeness (QED) is 0.849. The van der Waals surface area contributed by atoms with E-state index in [1.807, 2.05) is 0 Å². The summed E-state index contributed by atoms with van der Waals surface area (Å²) in [6.45, 7) is 6.18. The number of hydrogen-bond donors (Lipinski definition) is 0. The molecule has 116 valence electrons. The Morgan fingerprint density at radius 3 is 2.52 bits per heavy atom. The Balaban J connectivity index is 1.54. The molecule has 0 saturated carbocycles. The molecule has 1 spiro atoms. The molecule has 2 fully saturated rings. The lowest BCUT2D eigenvalue weighted by atomic mass is 9.72. The third-order valence-corrected chi connectivity index (χ3v) is 5.18. The Morgan fingerprint density at radius 2 is 1.81 bits per heavy atom. The van der Waals surface area contributed by atoms with Gasteiger partial charge in [-0.05, 0) is 55.3 Å². The van der Waals surface area contributed by atoms with E-state index in [9.17, 15) is 0 Å². The Hall–Kier alpha value is -0.900. The van der Waals surface area contributed by atoms with Crippen LogP contribution < -0.4 is 0 Å². The van der Waals surface area contributed by atoms with Gasteiger partial charge in [0.1, 0.15) is 0 Å². The molecule has 21 heavy (non-hydrogen) atoms. The van der Waals surface area contributed by atoms with Crippen LogP contribution in [0.4, 0.5) is 0 Å². The van der Waals surface area contributed by atoms with E-state index in [0.717, 1.165) is 19.8 Å². The average Bonchev–Trinajstić information content (AvgIpc) is 2.52. The van der Waals surface area contributed by atoms with Crippen molar-refractivity contribution < 1.29 is 9.47 Å². The van der Waals surface area contributed by atoms with Gasteiger partial charge in [-0.15, -0.1) is 0 Å². The third-order valence-electron chi connectivity index (χ3n) is 5.18. The van der Waals surface area contributed by atoms with Crippen molar-refractivity contribution >= 4 is 0 Å². The van der Waals surface area contributed by atoms with Crippen LogP contribution >= 0.6 is 0 Å². The molecule has 2 saturated heterocycles. The lowest BCUT2D eigenvalue weighted by molar-refractivity contribution is -0.0218. The minimum Gasteiger partial charge on any atom is -0.381 e. The Labute approximate surface area is 128 Å². The fourth-order valence-electron chi connectivity index (χ4n) is 3.73. The highest BCUT2D eigenvalue weighted by Gasteiger charge is 2.35. The summed E-state index contributed by atoms with van der Waals surface area (Å²) in [6, 6.07) is 8.80. The van der Waals surface area contributed by atoms with Gasteiger partial charge in [-0.3, -0.25) is 4.90 Å². The van der Waals surface area contributed by atoms with E-state index in [0.29, 0.717) is 12.0 Å². The number of likely N-dealkylation sites (tertiary alicyclic amines) is 1. The van der Waals surface area contributed by atoms with Crippen LogP contribution in [0.15, 0.2) is 24.3 Å². The smallest absolute Gasteiger partial charge is 0.0713 e. The van der Waals surface area contributed by atoms with Crippen LogP contribution in [-0.4, -0.2) is 38.3 Å². The van der Waals surface area contributed by atoms with E-state index in [1.165, 1.54) is 49.9 Å². The number of ether oxygens (including phenoxy) is 2. The predicted octanol–water partition coefficient (Wildman–Crippen LogP) is 3.23. The average molecular weight is 289 g/mol. The van der Waals surface area contributed by atoms with E-state index in [2.05, 4.69) is 29.2 Å². The standard InChI is InChI=1S/C18H27NO2/c1-20-15-17-4-2-3-16(13-17)14-19-9-5-18(6-10-19)7-11-21-12-8-18/h2-4,13H,5-12,14-15H2,1H3. The fraction of sp³-hybridized carbons (Fsp3) is 0.667. The van der Waals surface area contributed by atoms with Crippen LogP contribution in [0.2, 0.25) is 0 Å². The molecule has 1 aromatic carbocycles. The lowest BCUT2D eigenvalue weighted by Gasteiger charge is -2.44. The van der Waals surface area contributed by atoms with Crippen LogP contribution in [0.3, 0.4) is 0 Å². The van der Waals surface area contributed by atoms with Crippen molar-refractivity contribution in [3.8, 4) is 0 Å². The summed E-state index contributed by atoms with van der Waals surface area (Å²) < 4.78 is 10.8. The SMILES string of the molecule is COCc1cccc(CN2CCC3(CCOCC3)CC2)c1. The van der Waals surface area contributed by atoms with Gasteiger partial charge in [0.05, 0.1) is 6.61 Å². The molecule has 0 bridgehead atoms. The van der Waals surface area contributed by atoms with E-state index in [1.54, 1.807) is 7.11 Å². The number of nitrogens with zero attached hydrogens (tertiary/aromatic N) is 1. The second-order valence-corrected chi connectivity index (χ2v) is 6.64. The Kier molecular flexibility index (Phi) is 4.94. The predicted molar refractivity (Wildman–Crippen MR) is 84.2 cm³/mol. The van der Waals surface area contributed by atoms with Gasteiger partial charge >= 0.3 is 0 Å². The van der Waals surface area contributed by atoms with Crippen LogP contribution in [-0.2, 0) is 22.6 Å². The molecule has 3 rings (SSSR count).